The molecule has 0 radical (unpaired) electrons. The first-order valence-corrected chi connectivity index (χ1v) is 28.0. The predicted octanol–water partition coefficient (Wildman–Crippen LogP) is 7.42. The molecule has 2 aromatic carbocycles. The van der Waals surface area contributed by atoms with Gasteiger partial charge in [-0.1, -0.05) is 71.4 Å². The topological polar surface area (TPSA) is 259 Å². The van der Waals surface area contributed by atoms with Crippen LogP contribution in [-0.4, -0.2) is 127 Å². The zero-order chi connectivity index (χ0) is 58.4. The van der Waals surface area contributed by atoms with Crippen LogP contribution in [0, 0.1) is 28.9 Å². The molecule has 0 aliphatic carbocycles. The zero-order valence-corrected chi connectivity index (χ0v) is 46.8. The maximum atomic E-state index is 15.4. The Bertz CT molecular complexity index is 2650. The van der Waals surface area contributed by atoms with Gasteiger partial charge in [0, 0.05) is 112 Å². The molecule has 0 fully saturated rings. The SMILES string of the molecule is CC(C)[C@H](CC(=O)CCCCCN1C(=O)C=CC1=O)C(=O)N[C@@H](C)C(=O)CCCCN(C(=O)CSCCC(=O)NCCC(=O)N[C@H](CCC(=O)O)C(=O)O)[C@@H](c1cc(-c2cc(F)ccc2F)cn1Cc1ccccc1)C(C)(C)C. The number of carboxylic acid groups (broad SMARTS) is 2. The van der Waals surface area contributed by atoms with E-state index in [4.69, 9.17) is 5.11 Å². The Morgan fingerprint density at radius 3 is 2.10 bits per heavy atom. The van der Waals surface area contributed by atoms with Crippen LogP contribution in [0.1, 0.15) is 136 Å². The third-order valence-corrected chi connectivity index (χ3v) is 14.4. The lowest BCUT2D eigenvalue weighted by Gasteiger charge is -2.41. The smallest absolute Gasteiger partial charge is 0.326 e. The molecule has 0 saturated carbocycles. The number of thioether (sulfide) groups is 1. The van der Waals surface area contributed by atoms with Crippen molar-refractivity contribution >= 4 is 70.7 Å². The molecule has 2 heterocycles. The summed E-state index contributed by atoms with van der Waals surface area (Å²) in [5.74, 6) is -7.47. The number of unbranched alkanes of at least 4 members (excludes halogenated alkanes) is 3. The van der Waals surface area contributed by atoms with Gasteiger partial charge in [-0.25, -0.2) is 13.6 Å². The van der Waals surface area contributed by atoms with Gasteiger partial charge in [0.25, 0.3) is 11.8 Å². The fourth-order valence-corrected chi connectivity index (χ4v) is 10.0. The summed E-state index contributed by atoms with van der Waals surface area (Å²) in [6.07, 6.45) is 5.80. The number of Topliss-reactive ketones (excluding diaryl/α,β-unsaturated/α-hetero) is 2. The molecule has 18 nitrogen and oxygen atoms in total. The highest BCUT2D eigenvalue weighted by Crippen LogP contribution is 2.41. The van der Waals surface area contributed by atoms with Gasteiger partial charge in [0.1, 0.15) is 23.5 Å². The van der Waals surface area contributed by atoms with E-state index in [2.05, 4.69) is 16.0 Å². The summed E-state index contributed by atoms with van der Waals surface area (Å²) in [4.78, 5) is 129. The Balaban J connectivity index is 1.45. The number of imide groups is 1. The lowest BCUT2D eigenvalue weighted by atomic mass is 9.82. The average Bonchev–Trinajstić information content (AvgIpc) is 3.99. The second-order valence-corrected chi connectivity index (χ2v) is 22.4. The predicted molar refractivity (Wildman–Crippen MR) is 294 cm³/mol. The van der Waals surface area contributed by atoms with Gasteiger partial charge in [-0.2, -0.15) is 11.8 Å². The molecule has 0 spiro atoms. The maximum absolute atomic E-state index is 15.4. The number of carboxylic acids is 2. The minimum absolute atomic E-state index is 0.00692. The van der Waals surface area contributed by atoms with Crippen LogP contribution in [0.25, 0.3) is 11.1 Å². The highest BCUT2D eigenvalue weighted by atomic mass is 32.2. The van der Waals surface area contributed by atoms with Gasteiger partial charge >= 0.3 is 11.9 Å². The Labute approximate surface area is 464 Å². The first kappa shape index (κ1) is 64.5. The fraction of sp³-hybridized carbons (Fsp3) is 0.517. The van der Waals surface area contributed by atoms with E-state index in [1.165, 1.54) is 23.9 Å². The van der Waals surface area contributed by atoms with Crippen LogP contribution in [0.2, 0.25) is 0 Å². The molecule has 3 aromatic rings. The van der Waals surface area contributed by atoms with Crippen molar-refractivity contribution in [2.75, 3.05) is 31.1 Å². The molecule has 0 unspecified atom stereocenters. The molecule has 430 valence electrons. The van der Waals surface area contributed by atoms with E-state index in [-0.39, 0.29) is 110 Å². The molecule has 1 aliphatic heterocycles. The molecule has 4 atom stereocenters. The van der Waals surface area contributed by atoms with Crippen molar-refractivity contribution in [1.29, 1.82) is 0 Å². The number of halogens is 2. The van der Waals surface area contributed by atoms with E-state index in [1.54, 1.807) is 24.1 Å². The minimum Gasteiger partial charge on any atom is -0.481 e. The summed E-state index contributed by atoms with van der Waals surface area (Å²) in [7, 11) is 0. The third-order valence-electron chi connectivity index (χ3n) is 13.5. The van der Waals surface area contributed by atoms with Crippen molar-refractivity contribution in [3.8, 4) is 11.1 Å². The van der Waals surface area contributed by atoms with Gasteiger partial charge in [-0.15, -0.1) is 0 Å². The average molecular weight is 1120 g/mol. The highest BCUT2D eigenvalue weighted by Gasteiger charge is 2.37. The maximum Gasteiger partial charge on any atom is 0.326 e. The lowest BCUT2D eigenvalue weighted by molar-refractivity contribution is -0.143. The first-order chi connectivity index (χ1) is 37.4. The van der Waals surface area contributed by atoms with Crippen LogP contribution in [0.5, 0.6) is 0 Å². The lowest BCUT2D eigenvalue weighted by Crippen LogP contribution is -2.44. The van der Waals surface area contributed by atoms with Gasteiger partial charge < -0.3 is 35.6 Å². The highest BCUT2D eigenvalue weighted by molar-refractivity contribution is 7.99. The first-order valence-electron chi connectivity index (χ1n) is 26.8. The van der Waals surface area contributed by atoms with Crippen molar-refractivity contribution in [2.45, 2.75) is 143 Å². The van der Waals surface area contributed by atoms with Gasteiger partial charge in [0.2, 0.25) is 23.6 Å². The summed E-state index contributed by atoms with van der Waals surface area (Å²) in [5.41, 5.74) is 1.32. The molecule has 0 saturated heterocycles. The quantitative estimate of drug-likeness (QED) is 0.0284. The van der Waals surface area contributed by atoms with Crippen molar-refractivity contribution < 1.29 is 66.9 Å². The zero-order valence-electron chi connectivity index (χ0n) is 46.0. The summed E-state index contributed by atoms with van der Waals surface area (Å²) in [5, 5.41) is 25.9. The summed E-state index contributed by atoms with van der Waals surface area (Å²) in [6.45, 7) is 11.8. The molecule has 4 rings (SSSR count). The molecular formula is C58H76F2N6O12S. The van der Waals surface area contributed by atoms with E-state index in [9.17, 15) is 57.4 Å². The van der Waals surface area contributed by atoms with E-state index in [1.807, 2.05) is 69.5 Å². The normalized spacial score (nSPS) is 13.9. The van der Waals surface area contributed by atoms with Crippen LogP contribution in [0.15, 0.2) is 72.9 Å². The minimum atomic E-state index is -1.40. The molecule has 21 heteroatoms. The largest absolute Gasteiger partial charge is 0.481 e. The second kappa shape index (κ2) is 31.5. The Hall–Kier alpha value is -7.03. The van der Waals surface area contributed by atoms with Crippen LogP contribution in [-0.2, 0) is 54.5 Å². The van der Waals surface area contributed by atoms with Gasteiger partial charge in [-0.3, -0.25) is 48.1 Å². The van der Waals surface area contributed by atoms with Crippen LogP contribution < -0.4 is 16.0 Å². The Morgan fingerprint density at radius 1 is 0.772 bits per heavy atom. The van der Waals surface area contributed by atoms with Crippen LogP contribution >= 0.6 is 11.8 Å². The van der Waals surface area contributed by atoms with Crippen molar-refractivity contribution in [1.82, 2.24) is 30.3 Å². The number of aromatic nitrogens is 1. The molecule has 1 aromatic heterocycles. The summed E-state index contributed by atoms with van der Waals surface area (Å²) < 4.78 is 32.0. The number of nitrogens with one attached hydrogen (secondary N) is 3. The number of benzene rings is 2. The van der Waals surface area contributed by atoms with E-state index in [0.717, 1.165) is 28.7 Å². The number of amides is 6. The van der Waals surface area contributed by atoms with E-state index in [0.29, 0.717) is 49.9 Å². The molecule has 79 heavy (non-hydrogen) atoms. The van der Waals surface area contributed by atoms with Gasteiger partial charge in [-0.05, 0) is 80.2 Å². The van der Waals surface area contributed by atoms with E-state index >= 15 is 4.39 Å². The molecule has 0 bridgehead atoms. The number of carbonyl (C=O) groups is 10. The third kappa shape index (κ3) is 21.3. The number of nitrogens with zero attached hydrogens (tertiary/aromatic N) is 3. The van der Waals surface area contributed by atoms with E-state index < -0.39 is 77.2 Å². The molecule has 1 aliphatic rings. The number of hydrogen-bond donors (Lipinski definition) is 5. The number of carbonyl (C=O) groups excluding carboxylic acids is 8. The van der Waals surface area contributed by atoms with Crippen molar-refractivity contribution in [3.05, 3.63) is 95.8 Å². The number of ketones is 2. The summed E-state index contributed by atoms with van der Waals surface area (Å²) in [6, 6.07) is 11.6. The van der Waals surface area contributed by atoms with Crippen LogP contribution in [0.3, 0.4) is 0 Å². The summed E-state index contributed by atoms with van der Waals surface area (Å²) >= 11 is 1.20. The molecule has 5 N–H and O–H groups in total. The van der Waals surface area contributed by atoms with Gasteiger partial charge in [0.05, 0.1) is 17.8 Å². The van der Waals surface area contributed by atoms with Crippen molar-refractivity contribution in [2.24, 2.45) is 17.3 Å². The number of aliphatic carboxylic acids is 2. The second-order valence-electron chi connectivity index (χ2n) is 21.3. The standard InChI is InChI=1S/C58H76F2N6O12S/c1-37(2)43(33-42(67)17-11-8-13-28-65-51(71)22-23-52(65)72)56(76)62-38(3)48(68)18-12-14-29-66(53(73)36-79-30-26-49(69)61-27-25-50(70)63-46(57(77)78)21-24-54(74)75)55(58(4,5)6)47-31-40(44-32-41(59)19-20-45(44)60)35-64(47)34-39-15-9-7-10-16-39/h7,9-10,15-16,19-20,22-23,31-32,35,37-38,43,46,55H,8,11-14,17-18,21,24-30,33-34,36H2,1-6H3,(H,61,69)(H,62,76)(H,63,70)(H,74,75)(H,77,78)/t38-,43-,46+,55-/m0/s1. The van der Waals surface area contributed by atoms with Gasteiger partial charge in [0.15, 0.2) is 5.78 Å². The molecular weight excluding hydrogens is 1040 g/mol. The van der Waals surface area contributed by atoms with Crippen molar-refractivity contribution in [3.63, 3.8) is 0 Å². The molecule has 6 amide bonds. The Kier molecular flexibility index (Phi) is 25.7. The monoisotopic (exact) mass is 1120 g/mol. The number of rotatable bonds is 35. The number of hydrogen-bond acceptors (Lipinski definition) is 11. The van der Waals surface area contributed by atoms with Crippen LogP contribution in [0.4, 0.5) is 8.78 Å². The fourth-order valence-electron chi connectivity index (χ4n) is 9.21. The Morgan fingerprint density at radius 2 is 1.46 bits per heavy atom.